The minimum atomic E-state index is 0.136. The largest absolute Gasteiger partial charge is 0.492 e. The highest BCUT2D eigenvalue weighted by Crippen LogP contribution is 2.32. The third-order valence-electron chi connectivity index (χ3n) is 2.43. The number of nitrogens with zero attached hydrogens (tertiary/aromatic N) is 3. The minimum Gasteiger partial charge on any atom is -0.492 e. The van der Waals surface area contributed by atoms with Gasteiger partial charge in [-0.05, 0) is 31.5 Å². The van der Waals surface area contributed by atoms with Gasteiger partial charge in [0, 0.05) is 5.56 Å². The van der Waals surface area contributed by atoms with Crippen LogP contribution in [-0.4, -0.2) is 21.8 Å². The van der Waals surface area contributed by atoms with Crippen LogP contribution in [0.2, 0.25) is 5.02 Å². The fraction of sp³-hybridized carbons (Fsp3) is 0.250. The van der Waals surface area contributed by atoms with Crippen LogP contribution < -0.4 is 10.5 Å². The third kappa shape index (κ3) is 2.51. The summed E-state index contributed by atoms with van der Waals surface area (Å²) in [5, 5.41) is 7.94. The maximum atomic E-state index is 6.15. The van der Waals surface area contributed by atoms with Gasteiger partial charge >= 0.3 is 0 Å². The summed E-state index contributed by atoms with van der Waals surface area (Å²) in [4.78, 5) is 4.13. The quantitative estimate of drug-likeness (QED) is 0.922. The first-order valence-electron chi connectivity index (χ1n) is 5.50. The van der Waals surface area contributed by atoms with Gasteiger partial charge in [-0.25, -0.2) is 4.98 Å². The Kier molecular flexibility index (Phi) is 3.62. The van der Waals surface area contributed by atoms with Gasteiger partial charge in [-0.15, -0.1) is 5.10 Å². The molecule has 2 aromatic rings. The molecule has 0 aliphatic rings. The number of rotatable bonds is 3. The fourth-order valence-corrected chi connectivity index (χ4v) is 1.86. The second kappa shape index (κ2) is 5.18. The SMILES string of the molecule is CCOc1cc(C)c(-c2cnnc(N)n2)cc1Cl. The summed E-state index contributed by atoms with van der Waals surface area (Å²) in [5.41, 5.74) is 8.02. The van der Waals surface area contributed by atoms with Gasteiger partial charge in [0.25, 0.3) is 0 Å². The molecule has 5 nitrogen and oxygen atoms in total. The number of aromatic nitrogens is 3. The average molecular weight is 265 g/mol. The van der Waals surface area contributed by atoms with Crippen LogP contribution in [-0.2, 0) is 0 Å². The lowest BCUT2D eigenvalue weighted by Crippen LogP contribution is -1.99. The summed E-state index contributed by atoms with van der Waals surface area (Å²) in [6, 6.07) is 3.67. The number of ether oxygens (including phenoxy) is 1. The molecule has 94 valence electrons. The highest BCUT2D eigenvalue weighted by Gasteiger charge is 2.10. The average Bonchev–Trinajstić information content (AvgIpc) is 2.33. The zero-order valence-electron chi connectivity index (χ0n) is 10.1. The van der Waals surface area contributed by atoms with Gasteiger partial charge < -0.3 is 10.5 Å². The summed E-state index contributed by atoms with van der Waals surface area (Å²) in [7, 11) is 0. The van der Waals surface area contributed by atoms with Gasteiger partial charge in [-0.1, -0.05) is 11.6 Å². The smallest absolute Gasteiger partial charge is 0.240 e. The van der Waals surface area contributed by atoms with Gasteiger partial charge in [0.05, 0.1) is 23.5 Å². The lowest BCUT2D eigenvalue weighted by atomic mass is 10.1. The van der Waals surface area contributed by atoms with E-state index in [1.54, 1.807) is 12.3 Å². The molecule has 18 heavy (non-hydrogen) atoms. The number of hydrogen-bond acceptors (Lipinski definition) is 5. The van der Waals surface area contributed by atoms with Gasteiger partial charge in [0.15, 0.2) is 0 Å². The fourth-order valence-electron chi connectivity index (χ4n) is 1.64. The van der Waals surface area contributed by atoms with Crippen molar-refractivity contribution in [2.45, 2.75) is 13.8 Å². The Labute approximate surface area is 110 Å². The molecule has 1 aromatic heterocycles. The first-order valence-corrected chi connectivity index (χ1v) is 5.88. The predicted molar refractivity (Wildman–Crippen MR) is 70.6 cm³/mol. The summed E-state index contributed by atoms with van der Waals surface area (Å²) in [6.07, 6.45) is 1.55. The summed E-state index contributed by atoms with van der Waals surface area (Å²) in [6.45, 7) is 4.43. The first kappa shape index (κ1) is 12.6. The Hall–Kier alpha value is -1.88. The van der Waals surface area contributed by atoms with E-state index in [0.29, 0.717) is 23.1 Å². The highest BCUT2D eigenvalue weighted by molar-refractivity contribution is 6.32. The molecule has 0 atom stereocenters. The van der Waals surface area contributed by atoms with E-state index in [4.69, 9.17) is 22.1 Å². The molecule has 1 heterocycles. The van der Waals surface area contributed by atoms with E-state index in [-0.39, 0.29) is 5.95 Å². The maximum absolute atomic E-state index is 6.15. The predicted octanol–water partition coefficient (Wildman–Crippen LogP) is 2.48. The van der Waals surface area contributed by atoms with Crippen molar-refractivity contribution in [2.75, 3.05) is 12.3 Å². The molecule has 0 amide bonds. The van der Waals surface area contributed by atoms with Crippen molar-refractivity contribution in [3.05, 3.63) is 28.9 Å². The molecule has 0 unspecified atom stereocenters. The number of benzene rings is 1. The van der Waals surface area contributed by atoms with Crippen LogP contribution >= 0.6 is 11.6 Å². The maximum Gasteiger partial charge on any atom is 0.240 e. The van der Waals surface area contributed by atoms with Gasteiger partial charge in [0.2, 0.25) is 5.95 Å². The number of anilines is 1. The molecule has 0 saturated heterocycles. The zero-order valence-corrected chi connectivity index (χ0v) is 10.9. The van der Waals surface area contributed by atoms with E-state index in [9.17, 15) is 0 Å². The highest BCUT2D eigenvalue weighted by atomic mass is 35.5. The van der Waals surface area contributed by atoms with Crippen molar-refractivity contribution in [1.82, 2.24) is 15.2 Å². The second-order valence-corrected chi connectivity index (χ2v) is 4.14. The summed E-state index contributed by atoms with van der Waals surface area (Å²) in [5.74, 6) is 0.798. The van der Waals surface area contributed by atoms with Crippen LogP contribution in [0.3, 0.4) is 0 Å². The van der Waals surface area contributed by atoms with Crippen molar-refractivity contribution in [2.24, 2.45) is 0 Å². The third-order valence-corrected chi connectivity index (χ3v) is 2.73. The summed E-state index contributed by atoms with van der Waals surface area (Å²) < 4.78 is 5.43. The van der Waals surface area contributed by atoms with Gasteiger partial charge in [-0.3, -0.25) is 0 Å². The van der Waals surface area contributed by atoms with Crippen molar-refractivity contribution >= 4 is 17.5 Å². The van der Waals surface area contributed by atoms with Crippen LogP contribution in [0, 0.1) is 6.92 Å². The van der Waals surface area contributed by atoms with E-state index in [1.165, 1.54) is 0 Å². The molecule has 2 N–H and O–H groups in total. The summed E-state index contributed by atoms with van der Waals surface area (Å²) >= 11 is 6.15. The van der Waals surface area contributed by atoms with Crippen LogP contribution in [0.5, 0.6) is 5.75 Å². The number of nitrogen functional groups attached to an aromatic ring is 1. The molecule has 0 aliphatic heterocycles. The van der Waals surface area contributed by atoms with E-state index < -0.39 is 0 Å². The Morgan fingerprint density at radius 2 is 2.17 bits per heavy atom. The Morgan fingerprint density at radius 3 is 2.83 bits per heavy atom. The van der Waals surface area contributed by atoms with Crippen molar-refractivity contribution in [1.29, 1.82) is 0 Å². The topological polar surface area (TPSA) is 73.9 Å². The Balaban J connectivity index is 2.49. The van der Waals surface area contributed by atoms with E-state index in [2.05, 4.69) is 15.2 Å². The lowest BCUT2D eigenvalue weighted by molar-refractivity contribution is 0.340. The van der Waals surface area contributed by atoms with Crippen LogP contribution in [0.15, 0.2) is 18.3 Å². The standard InChI is InChI=1S/C12H13ClN4O/c1-3-18-11-4-7(2)8(5-9(11)13)10-6-15-17-12(14)16-10/h4-6H,3H2,1-2H3,(H2,14,16,17). The molecule has 2 rings (SSSR count). The number of halogens is 1. The van der Waals surface area contributed by atoms with Crippen molar-refractivity contribution in [3.63, 3.8) is 0 Å². The Bertz CT molecular complexity index is 574. The molecule has 0 fully saturated rings. The molecule has 0 radical (unpaired) electrons. The second-order valence-electron chi connectivity index (χ2n) is 3.73. The lowest BCUT2D eigenvalue weighted by Gasteiger charge is -2.10. The minimum absolute atomic E-state index is 0.136. The zero-order chi connectivity index (χ0) is 13.1. The van der Waals surface area contributed by atoms with Gasteiger partial charge in [-0.2, -0.15) is 5.10 Å². The van der Waals surface area contributed by atoms with Crippen LogP contribution in [0.1, 0.15) is 12.5 Å². The molecule has 1 aromatic carbocycles. The number of aryl methyl sites for hydroxylation is 1. The van der Waals surface area contributed by atoms with Crippen LogP contribution in [0.4, 0.5) is 5.95 Å². The van der Waals surface area contributed by atoms with Crippen LogP contribution in [0.25, 0.3) is 11.3 Å². The molecule has 0 aliphatic carbocycles. The number of nitrogens with two attached hydrogens (primary N) is 1. The molecular weight excluding hydrogens is 252 g/mol. The molecule has 0 spiro atoms. The molecule has 6 heteroatoms. The molecule has 0 bridgehead atoms. The van der Waals surface area contributed by atoms with Crippen molar-refractivity contribution in [3.8, 4) is 17.0 Å². The Morgan fingerprint density at radius 1 is 1.39 bits per heavy atom. The normalized spacial score (nSPS) is 10.4. The van der Waals surface area contributed by atoms with E-state index in [0.717, 1.165) is 11.1 Å². The van der Waals surface area contributed by atoms with Gasteiger partial charge in [0.1, 0.15) is 5.75 Å². The number of hydrogen-bond donors (Lipinski definition) is 1. The van der Waals surface area contributed by atoms with E-state index >= 15 is 0 Å². The van der Waals surface area contributed by atoms with Crippen molar-refractivity contribution < 1.29 is 4.74 Å². The first-order chi connectivity index (χ1) is 8.61. The van der Waals surface area contributed by atoms with E-state index in [1.807, 2.05) is 19.9 Å². The molecule has 0 saturated carbocycles. The molecular formula is C12H13ClN4O. The monoisotopic (exact) mass is 264 g/mol.